The number of nitrogens with zero attached hydrogens (tertiary/aromatic N) is 2. The quantitative estimate of drug-likeness (QED) is 0.794. The van der Waals surface area contributed by atoms with E-state index < -0.39 is 104 Å². The molecule has 3 N–H and O–H groups in total. The summed E-state index contributed by atoms with van der Waals surface area (Å²) in [5.41, 5.74) is -2.36. The van der Waals surface area contributed by atoms with Crippen LogP contribution in [0.2, 0.25) is 0 Å². The molecule has 1 saturated heterocycles. The van der Waals surface area contributed by atoms with E-state index in [1.54, 1.807) is 0 Å². The van der Waals surface area contributed by atoms with Gasteiger partial charge in [-0.05, 0) is 74.2 Å². The first-order valence-corrected chi connectivity index (χ1v) is 7.15. The third-order valence-electron chi connectivity index (χ3n) is 4.55. The summed E-state index contributed by atoms with van der Waals surface area (Å²) in [4.78, 5) is 14.2. The molecule has 6 fully saturated rings. The summed E-state index contributed by atoms with van der Waals surface area (Å²) in [7, 11) is 0. The fourth-order valence-electron chi connectivity index (χ4n) is 3.46. The number of rotatable bonds is 2. The number of piperidine rings is 1. The maximum Gasteiger partial charge on any atom is 0.241 e. The number of nitriles is 1. The maximum atomic E-state index is 14.0. The van der Waals surface area contributed by atoms with E-state index in [2.05, 4.69) is 0 Å². The van der Waals surface area contributed by atoms with Crippen molar-refractivity contribution < 1.29 is 33.2 Å². The Hall–Kier alpha value is -1.12. The van der Waals surface area contributed by atoms with Crippen molar-refractivity contribution in [2.24, 2.45) is 28.8 Å². The lowest BCUT2D eigenvalue weighted by atomic mass is 9.46. The average molecular weight is 333 g/mol. The van der Waals surface area contributed by atoms with Crippen LogP contribution in [0.5, 0.6) is 0 Å². The third kappa shape index (κ3) is 1.88. The molecule has 0 aromatic carbocycles. The van der Waals surface area contributed by atoms with Gasteiger partial charge in [0.25, 0.3) is 0 Å². The molecule has 0 spiro atoms. The van der Waals surface area contributed by atoms with Gasteiger partial charge in [-0.25, -0.2) is 0 Å². The largest absolute Gasteiger partial charge is 0.390 e. The van der Waals surface area contributed by atoms with Crippen molar-refractivity contribution in [3.05, 3.63) is 0 Å². The molecule has 5 saturated carbocycles. The van der Waals surface area contributed by atoms with Crippen molar-refractivity contribution in [3.8, 4) is 6.07 Å². The first-order chi connectivity index (χ1) is 17.4. The Kier molecular flexibility index (Phi) is 0.967. The van der Waals surface area contributed by atoms with Gasteiger partial charge in [0.15, 0.2) is 0 Å². The summed E-state index contributed by atoms with van der Waals surface area (Å²) in [6.45, 7) is 0. The molecule has 5 nitrogen and oxygen atoms in total. The van der Waals surface area contributed by atoms with Gasteiger partial charge < -0.3 is 15.7 Å². The third-order valence-corrected chi connectivity index (χ3v) is 4.55. The smallest absolute Gasteiger partial charge is 0.241 e. The van der Waals surface area contributed by atoms with Gasteiger partial charge in [-0.15, -0.1) is 0 Å². The summed E-state index contributed by atoms with van der Waals surface area (Å²) in [5.74, 6) is -12.1. The monoisotopic (exact) mass is 332 g/mol. The molecule has 4 bridgehead atoms. The number of carbonyl (C=O) groups excluding carboxylic acids is 1. The molecule has 1 amide bonds. The Bertz CT molecular complexity index is 1200. The lowest BCUT2D eigenvalue weighted by Crippen LogP contribution is -2.64. The second-order valence-corrected chi connectivity index (χ2v) is 6.13. The highest BCUT2D eigenvalue weighted by Crippen LogP contribution is 2.63. The minimum absolute atomic E-state index is 0.147. The Morgan fingerprint density at radius 2 is 2.09 bits per heavy atom. The van der Waals surface area contributed by atoms with Crippen LogP contribution in [0.1, 0.15) is 74.4 Å². The fourth-order valence-corrected chi connectivity index (χ4v) is 3.46. The normalized spacial score (nSPS) is 93.8. The summed E-state index contributed by atoms with van der Waals surface area (Å²) in [6, 6.07) is -6.70. The highest BCUT2D eigenvalue weighted by molar-refractivity contribution is 5.84. The first-order valence-electron chi connectivity index (χ1n) is 15.6. The number of hydrogen-bond donors (Lipinski definition) is 2. The average Bonchev–Trinajstić information content (AvgIpc) is 3.26. The molecule has 6 atom stereocenters. The second-order valence-electron chi connectivity index (χ2n) is 6.13. The SMILES string of the molecule is [2H]C1([2H])C2([2H])C([2H])([2H])C3(O)C([2H])([2H])C1([2H])C([2H])([2H])C([C@H](N)C(=O)N1[C@]([2H])(C#N)C[C@]4([2H])C[C@]14[2H])(C2([2H])[2H])C3([2H])[2H]. The van der Waals surface area contributed by atoms with Gasteiger partial charge in [0, 0.05) is 26.6 Å². The molecule has 6 aliphatic rings. The van der Waals surface area contributed by atoms with E-state index in [4.69, 9.17) is 29.0 Å². The van der Waals surface area contributed by atoms with Crippen LogP contribution in [0.3, 0.4) is 0 Å². The minimum atomic E-state index is -4.37. The van der Waals surface area contributed by atoms with E-state index >= 15 is 0 Å². The number of nitrogens with two attached hydrogens (primary N) is 1. The van der Waals surface area contributed by atoms with Crippen molar-refractivity contribution >= 4 is 5.91 Å². The number of carbonyl (C=O) groups is 1. The summed E-state index contributed by atoms with van der Waals surface area (Å²) < 4.78 is 147. The predicted octanol–water partition coefficient (Wildman–Crippen LogP) is 1.16. The van der Waals surface area contributed by atoms with E-state index in [0.717, 1.165) is 0 Å². The van der Waals surface area contributed by atoms with Crippen molar-refractivity contribution in [3.63, 3.8) is 0 Å². The number of aliphatic hydroxyl groups is 1. The minimum Gasteiger partial charge on any atom is -0.390 e. The van der Waals surface area contributed by atoms with Crippen LogP contribution in [-0.4, -0.2) is 39.6 Å². The van der Waals surface area contributed by atoms with E-state index in [1.807, 2.05) is 0 Å². The lowest BCUT2D eigenvalue weighted by Gasteiger charge is -2.61. The summed E-state index contributed by atoms with van der Waals surface area (Å²) >= 11 is 0. The molecule has 23 heavy (non-hydrogen) atoms. The van der Waals surface area contributed by atoms with Gasteiger partial charge in [0.05, 0.1) is 20.5 Å². The molecule has 5 heteroatoms. The number of hydrogen-bond acceptors (Lipinski definition) is 4. The van der Waals surface area contributed by atoms with Crippen LogP contribution < -0.4 is 5.73 Å². The Balaban J connectivity index is 1.91. The van der Waals surface area contributed by atoms with Gasteiger partial charge in [0.2, 0.25) is 5.91 Å². The molecule has 6 rings (SSSR count). The van der Waals surface area contributed by atoms with Crippen LogP contribution in [0.25, 0.3) is 0 Å². The van der Waals surface area contributed by atoms with Gasteiger partial charge in [-0.3, -0.25) is 4.79 Å². The van der Waals surface area contributed by atoms with Crippen LogP contribution in [0.15, 0.2) is 0 Å². The highest BCUT2D eigenvalue weighted by Gasteiger charge is 2.62. The van der Waals surface area contributed by atoms with Gasteiger partial charge in [-0.1, -0.05) is 0 Å². The van der Waals surface area contributed by atoms with Gasteiger partial charge >= 0.3 is 0 Å². The first kappa shape index (κ1) is 5.19. The van der Waals surface area contributed by atoms with Crippen LogP contribution in [-0.2, 0) is 4.79 Å². The molecule has 2 unspecified atom stereocenters. The van der Waals surface area contributed by atoms with E-state index in [0.29, 0.717) is 0 Å². The Morgan fingerprint density at radius 1 is 1.39 bits per heavy atom. The van der Waals surface area contributed by atoms with Crippen LogP contribution >= 0.6 is 0 Å². The lowest BCUT2D eigenvalue weighted by molar-refractivity contribution is -0.177. The molecule has 1 aliphatic heterocycles. The van der Waals surface area contributed by atoms with Crippen LogP contribution in [0, 0.1) is 34.4 Å². The summed E-state index contributed by atoms with van der Waals surface area (Å²) in [5, 5.41) is 21.3. The van der Waals surface area contributed by atoms with Crippen molar-refractivity contribution in [2.75, 3.05) is 0 Å². The number of fused-ring (bicyclic) bond motifs is 1. The van der Waals surface area contributed by atoms with E-state index in [9.17, 15) is 15.2 Å². The van der Waals surface area contributed by atoms with Crippen LogP contribution in [0.4, 0.5) is 0 Å². The van der Waals surface area contributed by atoms with Gasteiger partial charge in [-0.2, -0.15) is 5.26 Å². The Morgan fingerprint density at radius 3 is 2.74 bits per heavy atom. The number of likely N-dealkylation sites (tertiary alicyclic amines) is 1. The molecular formula is C18H25N3O2. The van der Waals surface area contributed by atoms with Crippen molar-refractivity contribution in [2.45, 2.75) is 74.8 Å². The topological polar surface area (TPSA) is 90.3 Å². The maximum absolute atomic E-state index is 14.0. The molecule has 0 aromatic rings. The molecular weight excluding hydrogens is 290 g/mol. The Labute approximate surface area is 160 Å². The van der Waals surface area contributed by atoms with Gasteiger partial charge in [0.1, 0.15) is 6.02 Å². The van der Waals surface area contributed by atoms with Crippen molar-refractivity contribution in [1.82, 2.24) is 4.90 Å². The molecule has 0 radical (unpaired) electrons. The predicted molar refractivity (Wildman–Crippen MR) is 82.8 cm³/mol. The zero-order valence-corrected chi connectivity index (χ0v) is 11.8. The molecule has 0 aromatic heterocycles. The van der Waals surface area contributed by atoms with E-state index in [-0.39, 0.29) is 4.90 Å². The summed E-state index contributed by atoms with van der Waals surface area (Å²) in [6.07, 6.45) is -26.6. The fraction of sp³-hybridized carbons (Fsp3) is 0.889. The number of amides is 1. The molecule has 5 aliphatic carbocycles. The second kappa shape index (κ2) is 4.29. The highest BCUT2D eigenvalue weighted by atomic mass is 16.3. The van der Waals surface area contributed by atoms with Crippen molar-refractivity contribution in [1.29, 1.82) is 5.26 Å². The van der Waals surface area contributed by atoms with E-state index in [1.165, 1.54) is 6.07 Å². The zero-order chi connectivity index (χ0) is 31.4. The zero-order valence-electron chi connectivity index (χ0n) is 28.8. The standard InChI is InChI=1S/C18H25N3O2/c19-8-13-2-12-3-14(12)21(13)16(22)15(20)17-4-10-1-11(5-17)7-18(23,6-10)9-17/h10-15,23H,1-7,9,20H2/t10?,11?,12-,13+,14+,15-,17?,18?/m1/s1/i1D2,4D2,5D2,6D2,7D2,9D2,10D,11D,12D,13D,14D. The molecule has 124 valence electrons. The molecule has 1 heterocycles.